The summed E-state index contributed by atoms with van der Waals surface area (Å²) in [5.41, 5.74) is 6.12. The zero-order valence-electron chi connectivity index (χ0n) is 8.31. The number of ketones is 1. The number of nitrogens with zero attached hydrogens (tertiary/aromatic N) is 1. The van der Waals surface area contributed by atoms with E-state index in [-0.39, 0.29) is 17.8 Å². The highest BCUT2D eigenvalue weighted by atomic mass is 32.1. The molecule has 1 heterocycles. The molecule has 0 unspecified atom stereocenters. The fourth-order valence-corrected chi connectivity index (χ4v) is 1.91. The van der Waals surface area contributed by atoms with E-state index in [0.29, 0.717) is 10.8 Å². The molecule has 0 spiro atoms. The van der Waals surface area contributed by atoms with Gasteiger partial charge in [0.05, 0.1) is 17.7 Å². The summed E-state index contributed by atoms with van der Waals surface area (Å²) >= 11 is 1.27. The van der Waals surface area contributed by atoms with Gasteiger partial charge in [0.15, 0.2) is 10.9 Å². The minimum Gasteiger partial charge on any atom is -0.375 e. The highest BCUT2D eigenvalue weighted by molar-refractivity contribution is 7.13. The van der Waals surface area contributed by atoms with Crippen molar-refractivity contribution in [1.82, 2.24) is 4.98 Å². The monoisotopic (exact) mass is 236 g/mol. The predicted octanol–water partition coefficient (Wildman–Crippen LogP) is 2.29. The molecular formula is C11H9FN2OS. The number of carbonyl (C=O) groups excluding carboxylic acids is 1. The van der Waals surface area contributed by atoms with Crippen LogP contribution in [0.2, 0.25) is 0 Å². The Balaban J connectivity index is 2.18. The predicted molar refractivity (Wildman–Crippen MR) is 61.0 cm³/mol. The molecule has 0 aliphatic rings. The molecule has 0 fully saturated rings. The fourth-order valence-electron chi connectivity index (χ4n) is 1.35. The van der Waals surface area contributed by atoms with E-state index in [1.165, 1.54) is 23.5 Å². The standard InChI is InChI=1S/C11H9FN2OS/c12-9-4-2-1-3-8(9)10(15)5-7-6-16-11(13)14-7/h1-4,6H,5H2,(H2,13,14). The topological polar surface area (TPSA) is 56.0 Å². The van der Waals surface area contributed by atoms with Crippen LogP contribution in [0.25, 0.3) is 0 Å². The summed E-state index contributed by atoms with van der Waals surface area (Å²) in [4.78, 5) is 15.7. The number of carbonyl (C=O) groups is 1. The van der Waals surface area contributed by atoms with Crippen LogP contribution >= 0.6 is 11.3 Å². The van der Waals surface area contributed by atoms with Crippen LogP contribution in [0.3, 0.4) is 0 Å². The number of hydrogen-bond donors (Lipinski definition) is 1. The van der Waals surface area contributed by atoms with Gasteiger partial charge in [0, 0.05) is 5.38 Å². The maximum absolute atomic E-state index is 13.3. The summed E-state index contributed by atoms with van der Waals surface area (Å²) in [5, 5.41) is 2.12. The lowest BCUT2D eigenvalue weighted by Crippen LogP contribution is -2.06. The van der Waals surface area contributed by atoms with Crippen molar-refractivity contribution in [2.24, 2.45) is 0 Å². The number of halogens is 1. The molecule has 2 aromatic rings. The molecule has 2 N–H and O–H groups in total. The van der Waals surface area contributed by atoms with Gasteiger partial charge in [-0.05, 0) is 12.1 Å². The van der Waals surface area contributed by atoms with Gasteiger partial charge in [0.1, 0.15) is 5.82 Å². The van der Waals surface area contributed by atoms with Crippen LogP contribution in [0.5, 0.6) is 0 Å². The van der Waals surface area contributed by atoms with Crippen LogP contribution in [-0.4, -0.2) is 10.8 Å². The summed E-state index contributed by atoms with van der Waals surface area (Å²) in [7, 11) is 0. The highest BCUT2D eigenvalue weighted by Crippen LogP contribution is 2.15. The molecule has 1 aromatic carbocycles. The average molecular weight is 236 g/mol. The van der Waals surface area contributed by atoms with E-state index in [1.54, 1.807) is 17.5 Å². The van der Waals surface area contributed by atoms with Crippen LogP contribution in [0.1, 0.15) is 16.1 Å². The Morgan fingerprint density at radius 1 is 1.44 bits per heavy atom. The van der Waals surface area contributed by atoms with Gasteiger partial charge >= 0.3 is 0 Å². The number of aromatic nitrogens is 1. The first kappa shape index (κ1) is 10.8. The molecule has 0 radical (unpaired) electrons. The van der Waals surface area contributed by atoms with Crippen molar-refractivity contribution >= 4 is 22.3 Å². The summed E-state index contributed by atoms with van der Waals surface area (Å²) in [6.07, 6.45) is 0.0780. The smallest absolute Gasteiger partial charge is 0.180 e. The number of Topliss-reactive ketones (excluding diaryl/α,β-unsaturated/α-hetero) is 1. The second kappa shape index (κ2) is 4.40. The number of nitrogens with two attached hydrogens (primary N) is 1. The second-order valence-corrected chi connectivity index (χ2v) is 4.15. The largest absolute Gasteiger partial charge is 0.375 e. The van der Waals surface area contributed by atoms with E-state index < -0.39 is 5.82 Å². The third-order valence-corrected chi connectivity index (χ3v) is 2.81. The van der Waals surface area contributed by atoms with Gasteiger partial charge in [0.2, 0.25) is 0 Å². The van der Waals surface area contributed by atoms with E-state index in [9.17, 15) is 9.18 Å². The SMILES string of the molecule is Nc1nc(CC(=O)c2ccccc2F)cs1. The van der Waals surface area contributed by atoms with Crippen molar-refractivity contribution in [2.75, 3.05) is 5.73 Å². The summed E-state index contributed by atoms with van der Waals surface area (Å²) in [6.45, 7) is 0. The molecule has 0 saturated carbocycles. The van der Waals surface area contributed by atoms with Gasteiger partial charge in [-0.25, -0.2) is 9.37 Å². The Kier molecular flexibility index (Phi) is 2.96. The lowest BCUT2D eigenvalue weighted by Gasteiger charge is -1.99. The Morgan fingerprint density at radius 2 is 2.19 bits per heavy atom. The van der Waals surface area contributed by atoms with Gasteiger partial charge in [-0.15, -0.1) is 11.3 Å². The van der Waals surface area contributed by atoms with Gasteiger partial charge in [-0.1, -0.05) is 12.1 Å². The molecule has 0 aliphatic heterocycles. The quantitative estimate of drug-likeness (QED) is 0.832. The van der Waals surface area contributed by atoms with Crippen molar-refractivity contribution in [3.05, 3.63) is 46.7 Å². The Labute approximate surface area is 95.7 Å². The van der Waals surface area contributed by atoms with E-state index in [2.05, 4.69) is 4.98 Å². The lowest BCUT2D eigenvalue weighted by atomic mass is 10.1. The van der Waals surface area contributed by atoms with E-state index >= 15 is 0 Å². The zero-order chi connectivity index (χ0) is 11.5. The van der Waals surface area contributed by atoms with E-state index in [4.69, 9.17) is 5.73 Å². The first-order chi connectivity index (χ1) is 7.66. The molecule has 0 aliphatic carbocycles. The number of anilines is 1. The summed E-state index contributed by atoms with van der Waals surface area (Å²) in [6, 6.07) is 5.91. The molecule has 1 aromatic heterocycles. The normalized spacial score (nSPS) is 10.3. The molecule has 82 valence electrons. The van der Waals surface area contributed by atoms with E-state index in [0.717, 1.165) is 0 Å². The number of rotatable bonds is 3. The first-order valence-corrected chi connectivity index (χ1v) is 5.52. The van der Waals surface area contributed by atoms with Crippen LogP contribution in [0, 0.1) is 5.82 Å². The van der Waals surface area contributed by atoms with Gasteiger partial charge < -0.3 is 5.73 Å². The number of hydrogen-bond acceptors (Lipinski definition) is 4. The van der Waals surface area contributed by atoms with Crippen LogP contribution in [0.15, 0.2) is 29.6 Å². The second-order valence-electron chi connectivity index (χ2n) is 3.26. The van der Waals surface area contributed by atoms with Crippen LogP contribution in [-0.2, 0) is 6.42 Å². The van der Waals surface area contributed by atoms with E-state index in [1.807, 2.05) is 0 Å². The average Bonchev–Trinajstić information content (AvgIpc) is 2.64. The molecule has 0 amide bonds. The van der Waals surface area contributed by atoms with Gasteiger partial charge in [0.25, 0.3) is 0 Å². The third kappa shape index (κ3) is 2.25. The minimum absolute atomic E-state index is 0.0780. The lowest BCUT2D eigenvalue weighted by molar-refractivity contribution is 0.0988. The van der Waals surface area contributed by atoms with Crippen molar-refractivity contribution in [1.29, 1.82) is 0 Å². The zero-order valence-corrected chi connectivity index (χ0v) is 9.13. The fraction of sp³-hybridized carbons (Fsp3) is 0.0909. The minimum atomic E-state index is -0.504. The number of benzene rings is 1. The van der Waals surface area contributed by atoms with Crippen molar-refractivity contribution in [3.63, 3.8) is 0 Å². The molecule has 2 rings (SSSR count). The molecule has 0 atom stereocenters. The Bertz CT molecular complexity index is 524. The van der Waals surface area contributed by atoms with Gasteiger partial charge in [-0.3, -0.25) is 4.79 Å². The molecule has 0 bridgehead atoms. The van der Waals surface area contributed by atoms with Crippen molar-refractivity contribution in [3.8, 4) is 0 Å². The molecule has 0 saturated heterocycles. The highest BCUT2D eigenvalue weighted by Gasteiger charge is 2.12. The first-order valence-electron chi connectivity index (χ1n) is 4.64. The summed E-state index contributed by atoms with van der Waals surface area (Å²) < 4.78 is 13.3. The number of thiazole rings is 1. The molecular weight excluding hydrogens is 227 g/mol. The van der Waals surface area contributed by atoms with Crippen LogP contribution < -0.4 is 5.73 Å². The Morgan fingerprint density at radius 3 is 2.81 bits per heavy atom. The molecule has 3 nitrogen and oxygen atoms in total. The van der Waals surface area contributed by atoms with Gasteiger partial charge in [-0.2, -0.15) is 0 Å². The Hall–Kier alpha value is -1.75. The molecule has 5 heteroatoms. The number of nitrogen functional groups attached to an aromatic ring is 1. The summed E-state index contributed by atoms with van der Waals surface area (Å²) in [5.74, 6) is -0.792. The molecule has 16 heavy (non-hydrogen) atoms. The maximum Gasteiger partial charge on any atom is 0.180 e. The van der Waals surface area contributed by atoms with Crippen molar-refractivity contribution < 1.29 is 9.18 Å². The van der Waals surface area contributed by atoms with Crippen molar-refractivity contribution in [2.45, 2.75) is 6.42 Å². The maximum atomic E-state index is 13.3. The van der Waals surface area contributed by atoms with Crippen LogP contribution in [0.4, 0.5) is 9.52 Å². The third-order valence-electron chi connectivity index (χ3n) is 2.09.